The molecule has 0 spiro atoms. The van der Waals surface area contributed by atoms with Gasteiger partial charge in [-0.3, -0.25) is 0 Å². The van der Waals surface area contributed by atoms with E-state index in [0.717, 1.165) is 17.5 Å². The number of hydrogen-bond donors (Lipinski definition) is 1. The second-order valence-electron chi connectivity index (χ2n) is 5.37. The Morgan fingerprint density at radius 1 is 1.14 bits per heavy atom. The summed E-state index contributed by atoms with van der Waals surface area (Å²) in [7, 11) is 0. The lowest BCUT2D eigenvalue weighted by molar-refractivity contribution is 0.149. The smallest absolute Gasteiger partial charge is 0.137 e. The summed E-state index contributed by atoms with van der Waals surface area (Å²) in [5.74, 6) is 0.894. The summed E-state index contributed by atoms with van der Waals surface area (Å²) in [6.45, 7) is 0. The maximum Gasteiger partial charge on any atom is 0.137 e. The molecule has 1 aromatic heterocycles. The highest BCUT2D eigenvalue weighted by Gasteiger charge is 2.31. The van der Waals surface area contributed by atoms with Crippen molar-refractivity contribution in [3.63, 3.8) is 0 Å². The van der Waals surface area contributed by atoms with Gasteiger partial charge in [0.2, 0.25) is 0 Å². The second kappa shape index (κ2) is 5.18. The minimum Gasteiger partial charge on any atom is -0.508 e. The van der Waals surface area contributed by atoms with Crippen LogP contribution in [-0.4, -0.2) is 19.9 Å². The molecule has 5 nitrogen and oxygen atoms in total. The largest absolute Gasteiger partial charge is 0.508 e. The number of aromatic nitrogens is 3. The number of fused-ring (bicyclic) bond motifs is 1. The zero-order chi connectivity index (χ0) is 14.9. The van der Waals surface area contributed by atoms with Crippen molar-refractivity contribution in [1.82, 2.24) is 14.8 Å². The number of ether oxygens (including phenoxy) is 1. The van der Waals surface area contributed by atoms with Gasteiger partial charge in [0.15, 0.2) is 0 Å². The summed E-state index contributed by atoms with van der Waals surface area (Å²) in [6, 6.07) is 15.4. The molecule has 0 unspecified atom stereocenters. The summed E-state index contributed by atoms with van der Waals surface area (Å²) < 4.78 is 7.95. The molecule has 0 bridgehead atoms. The average Bonchev–Trinajstić information content (AvgIpc) is 3.08. The van der Waals surface area contributed by atoms with Crippen LogP contribution in [0.25, 0.3) is 0 Å². The molecule has 5 heteroatoms. The minimum absolute atomic E-state index is 0.0389. The molecule has 1 N–H and O–H groups in total. The van der Waals surface area contributed by atoms with Crippen LogP contribution >= 0.6 is 0 Å². The Bertz CT molecular complexity index is 772. The van der Waals surface area contributed by atoms with Gasteiger partial charge in [0, 0.05) is 18.1 Å². The lowest BCUT2D eigenvalue weighted by atomic mass is 9.93. The van der Waals surface area contributed by atoms with Gasteiger partial charge in [-0.05, 0) is 17.7 Å². The van der Waals surface area contributed by atoms with Gasteiger partial charge in [0.25, 0.3) is 0 Å². The number of hydrogen-bond acceptors (Lipinski definition) is 4. The molecule has 0 fully saturated rings. The first-order chi connectivity index (χ1) is 10.8. The molecule has 1 aliphatic rings. The zero-order valence-corrected chi connectivity index (χ0v) is 11.8. The second-order valence-corrected chi connectivity index (χ2v) is 5.37. The van der Waals surface area contributed by atoms with Gasteiger partial charge in [0.05, 0.1) is 6.04 Å². The summed E-state index contributed by atoms with van der Waals surface area (Å²) in [5.41, 5.74) is 2.12. The van der Waals surface area contributed by atoms with E-state index in [4.69, 9.17) is 4.74 Å². The molecule has 4 rings (SSSR count). The van der Waals surface area contributed by atoms with Crippen LogP contribution in [0.3, 0.4) is 0 Å². The molecule has 2 aromatic carbocycles. The summed E-state index contributed by atoms with van der Waals surface area (Å²) >= 11 is 0. The molecule has 0 radical (unpaired) electrons. The molecule has 2 atom stereocenters. The summed E-state index contributed by atoms with van der Waals surface area (Å²) in [5, 5.41) is 14.0. The van der Waals surface area contributed by atoms with Crippen molar-refractivity contribution in [2.45, 2.75) is 18.6 Å². The van der Waals surface area contributed by atoms with Crippen LogP contribution in [0.5, 0.6) is 11.5 Å². The van der Waals surface area contributed by atoms with Crippen molar-refractivity contribution in [3.05, 3.63) is 72.3 Å². The lowest BCUT2D eigenvalue weighted by Crippen LogP contribution is -2.24. The molecular weight excluding hydrogens is 278 g/mol. The standard InChI is InChI=1S/C17H15N3O2/c21-13-6-7-14-15(20-11-18-10-19-20)9-16(22-17(14)8-13)12-4-2-1-3-5-12/h1-8,10-11,15-16,21H,9H2/t15-,16+/m1/s1. The number of aromatic hydroxyl groups is 1. The highest BCUT2D eigenvalue weighted by Crippen LogP contribution is 2.43. The first kappa shape index (κ1) is 12.9. The fourth-order valence-electron chi connectivity index (χ4n) is 2.93. The molecule has 110 valence electrons. The minimum atomic E-state index is -0.0790. The number of benzene rings is 2. The fraction of sp³-hybridized carbons (Fsp3) is 0.176. The third-order valence-corrected chi connectivity index (χ3v) is 3.99. The van der Waals surface area contributed by atoms with Crippen molar-refractivity contribution in [2.24, 2.45) is 0 Å². The molecule has 0 saturated carbocycles. The van der Waals surface area contributed by atoms with Crippen LogP contribution in [0, 0.1) is 0 Å². The van der Waals surface area contributed by atoms with Crippen LogP contribution in [0.2, 0.25) is 0 Å². The van der Waals surface area contributed by atoms with E-state index in [1.807, 2.05) is 28.9 Å². The Morgan fingerprint density at radius 2 is 2.00 bits per heavy atom. The van der Waals surface area contributed by atoms with Crippen LogP contribution in [-0.2, 0) is 0 Å². The monoisotopic (exact) mass is 293 g/mol. The van der Waals surface area contributed by atoms with Crippen molar-refractivity contribution in [2.75, 3.05) is 0 Å². The average molecular weight is 293 g/mol. The molecule has 3 aromatic rings. The predicted molar refractivity (Wildman–Crippen MR) is 80.7 cm³/mol. The van der Waals surface area contributed by atoms with Crippen LogP contribution in [0.15, 0.2) is 61.2 Å². The highest BCUT2D eigenvalue weighted by molar-refractivity contribution is 5.44. The Labute approximate surface area is 127 Å². The van der Waals surface area contributed by atoms with Gasteiger partial charge < -0.3 is 9.84 Å². The molecule has 0 saturated heterocycles. The van der Waals surface area contributed by atoms with E-state index in [1.54, 1.807) is 18.5 Å². The van der Waals surface area contributed by atoms with E-state index >= 15 is 0 Å². The third-order valence-electron chi connectivity index (χ3n) is 3.99. The third kappa shape index (κ3) is 2.20. The van der Waals surface area contributed by atoms with Gasteiger partial charge in [-0.2, -0.15) is 5.10 Å². The Balaban J connectivity index is 1.79. The van der Waals surface area contributed by atoms with Crippen LogP contribution in [0.1, 0.15) is 29.7 Å². The quantitative estimate of drug-likeness (QED) is 0.788. The number of phenols is 1. The predicted octanol–water partition coefficient (Wildman–Crippen LogP) is 3.10. The van der Waals surface area contributed by atoms with E-state index in [-0.39, 0.29) is 17.9 Å². The molecule has 1 aliphatic heterocycles. The Kier molecular flexibility index (Phi) is 3.04. The number of rotatable bonds is 2. The molecule has 22 heavy (non-hydrogen) atoms. The van der Waals surface area contributed by atoms with Gasteiger partial charge in [-0.25, -0.2) is 9.67 Å². The van der Waals surface area contributed by atoms with Crippen molar-refractivity contribution in [1.29, 1.82) is 0 Å². The summed E-state index contributed by atoms with van der Waals surface area (Å²) in [4.78, 5) is 4.05. The van der Waals surface area contributed by atoms with E-state index in [9.17, 15) is 5.11 Å². The zero-order valence-electron chi connectivity index (χ0n) is 11.8. The Hall–Kier alpha value is -2.82. The van der Waals surface area contributed by atoms with Gasteiger partial charge in [-0.15, -0.1) is 0 Å². The van der Waals surface area contributed by atoms with E-state index in [1.165, 1.54) is 6.33 Å². The molecule has 0 amide bonds. The maximum absolute atomic E-state index is 9.75. The van der Waals surface area contributed by atoms with Crippen molar-refractivity contribution in [3.8, 4) is 11.5 Å². The normalized spacial score (nSPS) is 20.2. The van der Waals surface area contributed by atoms with Gasteiger partial charge in [-0.1, -0.05) is 30.3 Å². The highest BCUT2D eigenvalue weighted by atomic mass is 16.5. The summed E-state index contributed by atoms with van der Waals surface area (Å²) in [6.07, 6.45) is 3.94. The molecular formula is C17H15N3O2. The first-order valence-electron chi connectivity index (χ1n) is 7.20. The molecule has 0 aliphatic carbocycles. The first-order valence-corrected chi connectivity index (χ1v) is 7.20. The lowest BCUT2D eigenvalue weighted by Gasteiger charge is -2.32. The van der Waals surface area contributed by atoms with Crippen molar-refractivity contribution >= 4 is 0 Å². The maximum atomic E-state index is 9.75. The Morgan fingerprint density at radius 3 is 2.77 bits per heavy atom. The van der Waals surface area contributed by atoms with Gasteiger partial charge >= 0.3 is 0 Å². The SMILES string of the molecule is Oc1ccc2c(c1)O[C@H](c1ccccc1)C[C@H]2n1cncn1. The van der Waals surface area contributed by atoms with Crippen LogP contribution in [0.4, 0.5) is 0 Å². The molecule has 2 heterocycles. The van der Waals surface area contributed by atoms with Crippen molar-refractivity contribution < 1.29 is 9.84 Å². The van der Waals surface area contributed by atoms with E-state index in [0.29, 0.717) is 5.75 Å². The fourth-order valence-corrected chi connectivity index (χ4v) is 2.93. The number of nitrogens with zero attached hydrogens (tertiary/aromatic N) is 3. The number of phenolic OH excluding ortho intramolecular Hbond substituents is 1. The van der Waals surface area contributed by atoms with Gasteiger partial charge in [0.1, 0.15) is 30.3 Å². The topological polar surface area (TPSA) is 60.2 Å². The van der Waals surface area contributed by atoms with Crippen LogP contribution < -0.4 is 4.74 Å². The van der Waals surface area contributed by atoms with E-state index < -0.39 is 0 Å². The van der Waals surface area contributed by atoms with E-state index in [2.05, 4.69) is 22.2 Å².